The van der Waals surface area contributed by atoms with E-state index in [0.29, 0.717) is 25.2 Å². The molecular weight excluding hydrogens is 709 g/mol. The van der Waals surface area contributed by atoms with E-state index >= 15 is 0 Å². The lowest BCUT2D eigenvalue weighted by atomic mass is 9.80. The summed E-state index contributed by atoms with van der Waals surface area (Å²) >= 11 is 0. The summed E-state index contributed by atoms with van der Waals surface area (Å²) < 4.78 is 16.7. The Hall–Kier alpha value is -2.67. The number of carbonyl (C=O) groups is 3. The molecular formula is C51H84O6. The molecule has 4 atom stereocenters. The van der Waals surface area contributed by atoms with Crippen LogP contribution in [0.15, 0.2) is 71.4 Å². The fraction of sp³-hybridized carbons (Fsp3) is 0.706. The second kappa shape index (κ2) is 28.7. The zero-order chi connectivity index (χ0) is 42.7. The first kappa shape index (κ1) is 52.3. The first-order chi connectivity index (χ1) is 27.3. The normalized spacial score (nSPS) is 23.1. The molecule has 0 bridgehead atoms. The summed E-state index contributed by atoms with van der Waals surface area (Å²) in [7, 11) is 4.90. The molecule has 0 radical (unpaired) electrons. The van der Waals surface area contributed by atoms with Crippen molar-refractivity contribution in [3.63, 3.8) is 0 Å². The van der Waals surface area contributed by atoms with Crippen LogP contribution in [0.1, 0.15) is 184 Å². The average Bonchev–Trinajstić information content (AvgIpc) is 3.21. The molecule has 3 rings (SSSR count). The van der Waals surface area contributed by atoms with Gasteiger partial charge in [-0.05, 0) is 99.7 Å². The molecule has 4 unspecified atom stereocenters. The molecule has 0 saturated carbocycles. The van der Waals surface area contributed by atoms with Gasteiger partial charge in [-0.2, -0.15) is 0 Å². The minimum absolute atomic E-state index is 0.198. The van der Waals surface area contributed by atoms with Gasteiger partial charge in [-0.1, -0.05) is 148 Å². The van der Waals surface area contributed by atoms with Crippen LogP contribution < -0.4 is 0 Å². The summed E-state index contributed by atoms with van der Waals surface area (Å²) in [4.78, 5) is 37.6. The highest BCUT2D eigenvalue weighted by atomic mass is 16.5. The molecule has 0 amide bonds. The molecule has 0 heterocycles. The topological polar surface area (TPSA) is 78.9 Å². The number of allylic oxidation sites excluding steroid dienone is 6. The SMILES string of the molecule is CCCCC(CC)CC(=O)C1(OC)C=CCC=C1C.CCCCCCCCC(=O)C1(OC)C=CCC=C1C.COC1(C(=O)CCCCCC(C)C)C=CCC=C1C. The molecule has 0 fully saturated rings. The minimum atomic E-state index is -0.794. The number of carbonyl (C=O) groups excluding carboxylic acids is 3. The van der Waals surface area contributed by atoms with Crippen molar-refractivity contribution in [2.45, 2.75) is 201 Å². The Kier molecular flexibility index (Phi) is 26.4. The Balaban J connectivity index is 0.000000427. The van der Waals surface area contributed by atoms with Crippen LogP contribution in [0.3, 0.4) is 0 Å². The molecule has 0 aromatic heterocycles. The molecule has 0 saturated heterocycles. The number of rotatable bonds is 25. The van der Waals surface area contributed by atoms with Crippen LogP contribution in [0.25, 0.3) is 0 Å². The van der Waals surface area contributed by atoms with Gasteiger partial charge >= 0.3 is 0 Å². The van der Waals surface area contributed by atoms with E-state index in [-0.39, 0.29) is 17.3 Å². The van der Waals surface area contributed by atoms with Gasteiger partial charge in [0.15, 0.2) is 34.2 Å². The highest BCUT2D eigenvalue weighted by Crippen LogP contribution is 2.33. The van der Waals surface area contributed by atoms with Crippen LogP contribution in [0.2, 0.25) is 0 Å². The van der Waals surface area contributed by atoms with Gasteiger partial charge in [-0.3, -0.25) is 14.4 Å². The fourth-order valence-corrected chi connectivity index (χ4v) is 8.06. The number of unbranched alkanes of at least 4 members (excludes halogenated alkanes) is 8. The quantitative estimate of drug-likeness (QED) is 0.0677. The van der Waals surface area contributed by atoms with Gasteiger partial charge in [0, 0.05) is 40.6 Å². The molecule has 6 nitrogen and oxygen atoms in total. The Labute approximate surface area is 350 Å². The van der Waals surface area contributed by atoms with Crippen molar-refractivity contribution in [3.8, 4) is 0 Å². The Morgan fingerprint density at radius 1 is 0.544 bits per heavy atom. The van der Waals surface area contributed by atoms with Crippen LogP contribution in [-0.4, -0.2) is 55.5 Å². The highest BCUT2D eigenvalue weighted by Gasteiger charge is 2.40. The monoisotopic (exact) mass is 793 g/mol. The maximum absolute atomic E-state index is 12.7. The smallest absolute Gasteiger partial charge is 0.173 e. The third-order valence-corrected chi connectivity index (χ3v) is 12.2. The predicted octanol–water partition coefficient (Wildman–Crippen LogP) is 13.5. The molecule has 324 valence electrons. The van der Waals surface area contributed by atoms with E-state index in [1.165, 1.54) is 51.4 Å². The van der Waals surface area contributed by atoms with Crippen molar-refractivity contribution in [2.75, 3.05) is 21.3 Å². The molecule has 57 heavy (non-hydrogen) atoms. The zero-order valence-electron chi connectivity index (χ0n) is 38.4. The second-order valence-electron chi connectivity index (χ2n) is 16.8. The van der Waals surface area contributed by atoms with E-state index < -0.39 is 16.8 Å². The van der Waals surface area contributed by atoms with Crippen molar-refractivity contribution < 1.29 is 28.6 Å². The van der Waals surface area contributed by atoms with Crippen molar-refractivity contribution >= 4 is 17.3 Å². The maximum atomic E-state index is 12.7. The average molecular weight is 793 g/mol. The largest absolute Gasteiger partial charge is 0.362 e. The van der Waals surface area contributed by atoms with Crippen molar-refractivity contribution in [1.82, 2.24) is 0 Å². The molecule has 0 spiro atoms. The van der Waals surface area contributed by atoms with Crippen LogP contribution in [0.4, 0.5) is 0 Å². The summed E-state index contributed by atoms with van der Waals surface area (Å²) in [6, 6.07) is 0. The maximum Gasteiger partial charge on any atom is 0.173 e. The van der Waals surface area contributed by atoms with E-state index in [9.17, 15) is 14.4 Å². The molecule has 0 N–H and O–H groups in total. The van der Waals surface area contributed by atoms with Crippen LogP contribution in [0.5, 0.6) is 0 Å². The van der Waals surface area contributed by atoms with E-state index in [2.05, 4.69) is 52.8 Å². The van der Waals surface area contributed by atoms with Gasteiger partial charge in [0.2, 0.25) is 0 Å². The van der Waals surface area contributed by atoms with Gasteiger partial charge in [0.05, 0.1) is 0 Å². The highest BCUT2D eigenvalue weighted by molar-refractivity contribution is 5.94. The van der Waals surface area contributed by atoms with Crippen LogP contribution in [0, 0.1) is 11.8 Å². The summed E-state index contributed by atoms with van der Waals surface area (Å²) in [5, 5.41) is 0. The molecule has 6 heteroatoms. The van der Waals surface area contributed by atoms with E-state index in [0.717, 1.165) is 80.4 Å². The standard InChI is InChI=1S/3C17H28O2/c1-14(2)10-6-5-7-12-16(18)17(19-4)13-9-8-11-15(17)3;1-5-7-11-15(6-2)13-16(18)17(19-4)12-9-8-10-14(17)3;1-4-5-6-7-8-9-13-16(18)17(19-3)14-11-10-12-15(17)2/h9,11,13-14H,5-8,10,12H2,1-4H3;9-10,12,15H,5-8,11,13H2,1-4H3;11-12,14H,4-10,13H2,1-3H3. The summed E-state index contributed by atoms with van der Waals surface area (Å²) in [5.74, 6) is 1.86. The van der Waals surface area contributed by atoms with Gasteiger partial charge in [-0.15, -0.1) is 0 Å². The number of hydrogen-bond donors (Lipinski definition) is 0. The lowest BCUT2D eigenvalue weighted by Gasteiger charge is -2.32. The van der Waals surface area contributed by atoms with Gasteiger partial charge < -0.3 is 14.2 Å². The first-order valence-electron chi connectivity index (χ1n) is 22.6. The first-order valence-corrected chi connectivity index (χ1v) is 22.6. The Morgan fingerprint density at radius 3 is 1.30 bits per heavy atom. The molecule has 0 aromatic rings. The predicted molar refractivity (Wildman–Crippen MR) is 241 cm³/mol. The Morgan fingerprint density at radius 2 is 0.930 bits per heavy atom. The zero-order valence-corrected chi connectivity index (χ0v) is 38.4. The van der Waals surface area contributed by atoms with E-state index in [4.69, 9.17) is 14.2 Å². The number of ether oxygens (including phenoxy) is 3. The number of Topliss-reactive ketones (excluding diaryl/α,β-unsaturated/α-hetero) is 3. The lowest BCUT2D eigenvalue weighted by molar-refractivity contribution is -0.134. The summed E-state index contributed by atoms with van der Waals surface area (Å²) in [6.45, 7) is 17.1. The van der Waals surface area contributed by atoms with Crippen molar-refractivity contribution in [2.24, 2.45) is 11.8 Å². The fourth-order valence-electron chi connectivity index (χ4n) is 8.06. The van der Waals surface area contributed by atoms with Crippen molar-refractivity contribution in [3.05, 3.63) is 71.4 Å². The van der Waals surface area contributed by atoms with Gasteiger partial charge in [0.25, 0.3) is 0 Å². The summed E-state index contributed by atoms with van der Waals surface area (Å²) in [6.07, 6.45) is 39.1. The molecule has 3 aliphatic carbocycles. The third kappa shape index (κ3) is 16.5. The number of hydrogen-bond acceptors (Lipinski definition) is 6. The van der Waals surface area contributed by atoms with Crippen LogP contribution >= 0.6 is 0 Å². The molecule has 0 aromatic carbocycles. The molecule has 0 aliphatic heterocycles. The second-order valence-corrected chi connectivity index (χ2v) is 16.8. The number of methoxy groups -OCH3 is 3. The Bertz CT molecular complexity index is 1380. The van der Waals surface area contributed by atoms with Crippen molar-refractivity contribution in [1.29, 1.82) is 0 Å². The van der Waals surface area contributed by atoms with E-state index in [1.807, 2.05) is 57.2 Å². The molecule has 3 aliphatic rings. The van der Waals surface area contributed by atoms with Gasteiger partial charge in [-0.25, -0.2) is 0 Å². The van der Waals surface area contributed by atoms with Gasteiger partial charge in [0.1, 0.15) is 0 Å². The lowest BCUT2D eigenvalue weighted by Crippen LogP contribution is -2.41. The number of ketones is 3. The van der Waals surface area contributed by atoms with Crippen LogP contribution in [-0.2, 0) is 28.6 Å². The third-order valence-electron chi connectivity index (χ3n) is 12.2. The summed E-state index contributed by atoms with van der Waals surface area (Å²) in [5.41, 5.74) is 0.751. The minimum Gasteiger partial charge on any atom is -0.362 e. The van der Waals surface area contributed by atoms with E-state index in [1.54, 1.807) is 21.3 Å².